The van der Waals surface area contributed by atoms with Crippen LogP contribution in [0.2, 0.25) is 0 Å². The molecule has 2 aliphatic rings. The molecule has 0 amide bonds. The first-order valence-corrected chi connectivity index (χ1v) is 7.67. The fourth-order valence-electron chi connectivity index (χ4n) is 3.00. The fraction of sp³-hybridized carbons (Fsp3) is 0.857. The van der Waals surface area contributed by atoms with Gasteiger partial charge in [-0.05, 0) is 25.9 Å². The number of rotatable bonds is 5. The lowest BCUT2D eigenvalue weighted by Crippen LogP contribution is -2.42. The molecule has 0 spiro atoms. The largest absolute Gasteiger partial charge is 0.367 e. The Morgan fingerprint density at radius 3 is 3.25 bits per heavy atom. The molecule has 6 heteroatoms. The predicted octanol–water partition coefficient (Wildman–Crippen LogP) is 1.32. The van der Waals surface area contributed by atoms with Gasteiger partial charge in [-0.25, -0.2) is 0 Å². The van der Waals surface area contributed by atoms with Gasteiger partial charge >= 0.3 is 0 Å². The summed E-state index contributed by atoms with van der Waals surface area (Å²) in [6, 6.07) is 0.602. The summed E-state index contributed by atoms with van der Waals surface area (Å²) in [4.78, 5) is 7.02. The summed E-state index contributed by atoms with van der Waals surface area (Å²) in [5, 5.41) is 7.42. The van der Waals surface area contributed by atoms with Crippen molar-refractivity contribution in [3.8, 4) is 0 Å². The lowest BCUT2D eigenvalue weighted by molar-refractivity contribution is -0.0548. The molecular formula is C14H24N4O2. The van der Waals surface area contributed by atoms with Crippen molar-refractivity contribution in [2.24, 2.45) is 0 Å². The molecule has 0 radical (unpaired) electrons. The van der Waals surface area contributed by atoms with Gasteiger partial charge in [0.25, 0.3) is 0 Å². The van der Waals surface area contributed by atoms with E-state index in [0.717, 1.165) is 26.2 Å². The number of morpholine rings is 1. The molecule has 2 saturated heterocycles. The van der Waals surface area contributed by atoms with Crippen molar-refractivity contribution in [3.63, 3.8) is 0 Å². The Morgan fingerprint density at radius 1 is 1.50 bits per heavy atom. The zero-order chi connectivity index (χ0) is 13.9. The molecule has 0 saturated carbocycles. The highest BCUT2D eigenvalue weighted by Crippen LogP contribution is 2.29. The summed E-state index contributed by atoms with van der Waals surface area (Å²) in [6.07, 6.45) is 2.50. The predicted molar refractivity (Wildman–Crippen MR) is 74.5 cm³/mol. The molecule has 1 aromatic heterocycles. The third-order valence-electron chi connectivity index (χ3n) is 4.26. The van der Waals surface area contributed by atoms with Crippen LogP contribution in [0.4, 0.5) is 0 Å². The van der Waals surface area contributed by atoms with Gasteiger partial charge in [-0.15, -0.1) is 0 Å². The monoisotopic (exact) mass is 280 g/mol. The van der Waals surface area contributed by atoms with Crippen molar-refractivity contribution in [1.29, 1.82) is 0 Å². The minimum absolute atomic E-state index is 0.0341. The Hall–Kier alpha value is -0.980. The summed E-state index contributed by atoms with van der Waals surface area (Å²) in [6.45, 7) is 8.86. The van der Waals surface area contributed by atoms with E-state index in [4.69, 9.17) is 9.26 Å². The number of nitrogens with one attached hydrogen (secondary N) is 1. The van der Waals surface area contributed by atoms with E-state index >= 15 is 0 Å². The van der Waals surface area contributed by atoms with Crippen LogP contribution in [-0.2, 0) is 4.74 Å². The molecule has 3 rings (SSSR count). The van der Waals surface area contributed by atoms with E-state index in [9.17, 15) is 0 Å². The Labute approximate surface area is 119 Å². The van der Waals surface area contributed by atoms with E-state index in [1.165, 1.54) is 19.4 Å². The molecule has 3 atom stereocenters. The zero-order valence-electron chi connectivity index (χ0n) is 12.3. The Bertz CT molecular complexity index is 437. The maximum atomic E-state index is 5.91. The molecule has 0 bridgehead atoms. The Balaban J connectivity index is 1.61. The lowest BCUT2D eigenvalue weighted by atomic mass is 10.1. The van der Waals surface area contributed by atoms with Crippen molar-refractivity contribution in [2.45, 2.75) is 44.8 Å². The molecule has 0 aromatic carbocycles. The van der Waals surface area contributed by atoms with Crippen molar-refractivity contribution in [1.82, 2.24) is 20.4 Å². The summed E-state index contributed by atoms with van der Waals surface area (Å²) < 4.78 is 11.3. The van der Waals surface area contributed by atoms with E-state index in [1.807, 2.05) is 0 Å². The topological polar surface area (TPSA) is 63.4 Å². The van der Waals surface area contributed by atoms with Gasteiger partial charge < -0.3 is 14.6 Å². The summed E-state index contributed by atoms with van der Waals surface area (Å²) in [7, 11) is 0. The van der Waals surface area contributed by atoms with Gasteiger partial charge in [-0.1, -0.05) is 19.0 Å². The maximum absolute atomic E-state index is 5.91. The van der Waals surface area contributed by atoms with E-state index < -0.39 is 0 Å². The third-order valence-corrected chi connectivity index (χ3v) is 4.26. The van der Waals surface area contributed by atoms with Crippen LogP contribution in [0.15, 0.2) is 4.52 Å². The molecule has 3 heterocycles. The summed E-state index contributed by atoms with van der Waals surface area (Å²) in [5.41, 5.74) is 0. The van der Waals surface area contributed by atoms with Crippen LogP contribution < -0.4 is 5.32 Å². The molecule has 0 aliphatic carbocycles. The first-order valence-electron chi connectivity index (χ1n) is 7.67. The Kier molecular flexibility index (Phi) is 4.33. The second-order valence-corrected chi connectivity index (χ2v) is 5.81. The summed E-state index contributed by atoms with van der Waals surface area (Å²) in [5.74, 6) is 1.64. The number of ether oxygens (including phenoxy) is 1. The zero-order valence-corrected chi connectivity index (χ0v) is 12.3. The summed E-state index contributed by atoms with van der Waals surface area (Å²) >= 11 is 0. The second-order valence-electron chi connectivity index (χ2n) is 5.81. The number of aromatic nitrogens is 2. The van der Waals surface area contributed by atoms with Crippen LogP contribution in [0.25, 0.3) is 0 Å². The van der Waals surface area contributed by atoms with Crippen molar-refractivity contribution in [3.05, 3.63) is 11.7 Å². The van der Waals surface area contributed by atoms with Crippen LogP contribution in [0.3, 0.4) is 0 Å². The average Bonchev–Trinajstić information content (AvgIpc) is 3.12. The maximum Gasteiger partial charge on any atom is 0.230 e. The van der Waals surface area contributed by atoms with Crippen LogP contribution in [-0.4, -0.2) is 53.9 Å². The molecule has 3 unspecified atom stereocenters. The highest BCUT2D eigenvalue weighted by atomic mass is 16.5. The lowest BCUT2D eigenvalue weighted by Gasteiger charge is -2.33. The number of hydrogen-bond donors (Lipinski definition) is 1. The van der Waals surface area contributed by atoms with Gasteiger partial charge in [0, 0.05) is 25.0 Å². The molecule has 112 valence electrons. The minimum Gasteiger partial charge on any atom is -0.367 e. The number of fused-ring (bicyclic) bond motifs is 1. The second kappa shape index (κ2) is 6.20. The van der Waals surface area contributed by atoms with Crippen LogP contribution in [0.5, 0.6) is 0 Å². The van der Waals surface area contributed by atoms with Crippen LogP contribution in [0.1, 0.15) is 50.4 Å². The van der Waals surface area contributed by atoms with Crippen molar-refractivity contribution < 1.29 is 9.26 Å². The highest BCUT2D eigenvalue weighted by Gasteiger charge is 2.35. The quantitative estimate of drug-likeness (QED) is 0.877. The highest BCUT2D eigenvalue weighted by molar-refractivity contribution is 4.99. The van der Waals surface area contributed by atoms with Crippen molar-refractivity contribution >= 4 is 0 Å². The van der Waals surface area contributed by atoms with E-state index in [-0.39, 0.29) is 12.0 Å². The molecule has 2 aliphatic heterocycles. The smallest absolute Gasteiger partial charge is 0.230 e. The first kappa shape index (κ1) is 14.0. The Morgan fingerprint density at radius 2 is 2.40 bits per heavy atom. The standard InChI is InChI=1S/C14H24N4O2/c1-3-15-7-10(2)14-16-13(17-20-14)12-8-18-6-4-5-11(18)9-19-12/h10-12,15H,3-9H2,1-2H3. The number of hydrogen-bond acceptors (Lipinski definition) is 6. The van der Waals surface area contributed by atoms with E-state index in [0.29, 0.717) is 17.8 Å². The van der Waals surface area contributed by atoms with Gasteiger partial charge in [-0.3, -0.25) is 4.90 Å². The molecule has 20 heavy (non-hydrogen) atoms. The van der Waals surface area contributed by atoms with Gasteiger partial charge in [-0.2, -0.15) is 4.98 Å². The minimum atomic E-state index is -0.0341. The van der Waals surface area contributed by atoms with Crippen molar-refractivity contribution in [2.75, 3.05) is 32.8 Å². The first-order chi connectivity index (χ1) is 9.78. The normalized spacial score (nSPS) is 28.5. The van der Waals surface area contributed by atoms with E-state index in [2.05, 4.69) is 34.2 Å². The average molecular weight is 280 g/mol. The number of nitrogens with zero attached hydrogens (tertiary/aromatic N) is 3. The van der Waals surface area contributed by atoms with Gasteiger partial charge in [0.1, 0.15) is 6.10 Å². The van der Waals surface area contributed by atoms with Crippen LogP contribution >= 0.6 is 0 Å². The molecule has 2 fully saturated rings. The fourth-order valence-corrected chi connectivity index (χ4v) is 3.00. The van der Waals surface area contributed by atoms with Gasteiger partial charge in [0.05, 0.1) is 6.61 Å². The SMILES string of the molecule is CCNCC(C)c1nc(C2CN3CCCC3CO2)no1. The van der Waals surface area contributed by atoms with E-state index in [1.54, 1.807) is 0 Å². The molecule has 1 aromatic rings. The van der Waals surface area contributed by atoms with Gasteiger partial charge in [0.15, 0.2) is 0 Å². The molecule has 1 N–H and O–H groups in total. The van der Waals surface area contributed by atoms with Gasteiger partial charge in [0.2, 0.25) is 11.7 Å². The molecular weight excluding hydrogens is 256 g/mol. The number of likely N-dealkylation sites (N-methyl/N-ethyl adjacent to an activating group) is 1. The molecule has 6 nitrogen and oxygen atoms in total. The van der Waals surface area contributed by atoms with Crippen LogP contribution in [0, 0.1) is 0 Å². The third kappa shape index (κ3) is 2.87.